The normalized spacial score (nSPS) is 14.5. The van der Waals surface area contributed by atoms with Crippen LogP contribution in [0.15, 0.2) is 60.9 Å². The van der Waals surface area contributed by atoms with E-state index in [0.29, 0.717) is 50.0 Å². The third-order valence-electron chi connectivity index (χ3n) is 5.63. The molecule has 3 aromatic rings. The largest absolute Gasteiger partial charge is 0.494 e. The smallest absolute Gasteiger partial charge is 0.416 e. The van der Waals surface area contributed by atoms with E-state index in [4.69, 9.17) is 9.47 Å². The van der Waals surface area contributed by atoms with E-state index >= 15 is 0 Å². The molecule has 10 heteroatoms. The van der Waals surface area contributed by atoms with Gasteiger partial charge in [-0.2, -0.15) is 13.2 Å². The molecule has 1 aliphatic heterocycles. The van der Waals surface area contributed by atoms with E-state index < -0.39 is 11.7 Å². The quantitative estimate of drug-likeness (QED) is 0.473. The van der Waals surface area contributed by atoms with E-state index in [-0.39, 0.29) is 23.3 Å². The molecule has 0 atom stereocenters. The van der Waals surface area contributed by atoms with Gasteiger partial charge in [0.2, 0.25) is 11.9 Å². The number of alkyl halides is 3. The van der Waals surface area contributed by atoms with Gasteiger partial charge in [0.25, 0.3) is 0 Å². The van der Waals surface area contributed by atoms with Crippen LogP contribution >= 0.6 is 0 Å². The van der Waals surface area contributed by atoms with Crippen LogP contribution in [0.4, 0.5) is 24.8 Å². The maximum absolute atomic E-state index is 13.4. The van der Waals surface area contributed by atoms with Crippen molar-refractivity contribution in [2.75, 3.05) is 29.9 Å². The minimum absolute atomic E-state index is 0.0347. The molecule has 1 aromatic heterocycles. The summed E-state index contributed by atoms with van der Waals surface area (Å²) in [5, 5.41) is 2.66. The predicted molar refractivity (Wildman–Crippen MR) is 125 cm³/mol. The molecule has 0 radical (unpaired) electrons. The lowest BCUT2D eigenvalue weighted by atomic mass is 9.96. The summed E-state index contributed by atoms with van der Waals surface area (Å²) < 4.78 is 51.3. The molecule has 7 nitrogen and oxygen atoms in total. The van der Waals surface area contributed by atoms with Gasteiger partial charge in [-0.1, -0.05) is 0 Å². The van der Waals surface area contributed by atoms with Crippen LogP contribution in [0.25, 0.3) is 0 Å². The lowest BCUT2D eigenvalue weighted by molar-refractivity contribution is -0.137. The van der Waals surface area contributed by atoms with Crippen LogP contribution in [0.1, 0.15) is 25.3 Å². The van der Waals surface area contributed by atoms with Crippen molar-refractivity contribution in [2.45, 2.75) is 25.9 Å². The molecule has 1 saturated heterocycles. The Morgan fingerprint density at radius 2 is 1.71 bits per heavy atom. The first kappa shape index (κ1) is 24.3. The standard InChI is InChI=1S/C25H25F3N4O3/c1-2-34-19-5-7-20(8-6-19)35-22-9-4-18(25(26,27)28)16-21(22)31-23(33)17-10-14-32(15-11-17)24-29-12-3-13-30-24/h3-9,12-13,16-17H,2,10-11,14-15H2,1H3,(H,31,33). The first-order valence-electron chi connectivity index (χ1n) is 11.3. The maximum atomic E-state index is 13.4. The van der Waals surface area contributed by atoms with E-state index in [2.05, 4.69) is 15.3 Å². The van der Waals surface area contributed by atoms with Crippen LogP contribution in [0.2, 0.25) is 0 Å². The van der Waals surface area contributed by atoms with Gasteiger partial charge in [0.15, 0.2) is 5.75 Å². The van der Waals surface area contributed by atoms with Gasteiger partial charge >= 0.3 is 6.18 Å². The van der Waals surface area contributed by atoms with Crippen molar-refractivity contribution in [3.05, 3.63) is 66.5 Å². The van der Waals surface area contributed by atoms with Crippen LogP contribution < -0.4 is 19.7 Å². The Kier molecular flexibility index (Phi) is 7.38. The van der Waals surface area contributed by atoms with Crippen molar-refractivity contribution >= 4 is 17.5 Å². The Morgan fingerprint density at radius 3 is 2.34 bits per heavy atom. The molecular formula is C25H25F3N4O3. The molecule has 4 rings (SSSR count). The highest BCUT2D eigenvalue weighted by Crippen LogP contribution is 2.37. The lowest BCUT2D eigenvalue weighted by Gasteiger charge is -2.31. The Hall–Kier alpha value is -3.82. The zero-order valence-electron chi connectivity index (χ0n) is 19.1. The van der Waals surface area contributed by atoms with E-state index in [0.717, 1.165) is 12.1 Å². The summed E-state index contributed by atoms with van der Waals surface area (Å²) in [5.41, 5.74) is -0.907. The number of benzene rings is 2. The lowest BCUT2D eigenvalue weighted by Crippen LogP contribution is -2.39. The van der Waals surface area contributed by atoms with E-state index in [1.807, 2.05) is 11.8 Å². The number of aromatic nitrogens is 2. The van der Waals surface area contributed by atoms with Crippen molar-refractivity contribution in [1.29, 1.82) is 0 Å². The van der Waals surface area contributed by atoms with Crippen LogP contribution in [-0.2, 0) is 11.0 Å². The van der Waals surface area contributed by atoms with Gasteiger partial charge in [-0.25, -0.2) is 9.97 Å². The average Bonchev–Trinajstić information content (AvgIpc) is 2.86. The summed E-state index contributed by atoms with van der Waals surface area (Å²) in [5.74, 6) is 1.05. The molecule has 2 aromatic carbocycles. The zero-order valence-corrected chi connectivity index (χ0v) is 19.1. The number of carbonyl (C=O) groups is 1. The number of hydrogen-bond donors (Lipinski definition) is 1. The van der Waals surface area contributed by atoms with Gasteiger partial charge in [0, 0.05) is 31.4 Å². The highest BCUT2D eigenvalue weighted by molar-refractivity contribution is 5.94. The minimum Gasteiger partial charge on any atom is -0.494 e. The molecule has 2 heterocycles. The summed E-state index contributed by atoms with van der Waals surface area (Å²) in [6.07, 6.45) is -0.199. The van der Waals surface area contributed by atoms with Gasteiger partial charge in [-0.05, 0) is 68.3 Å². The van der Waals surface area contributed by atoms with Crippen molar-refractivity contribution in [1.82, 2.24) is 9.97 Å². The van der Waals surface area contributed by atoms with E-state index in [1.54, 1.807) is 42.7 Å². The first-order chi connectivity index (χ1) is 16.8. The highest BCUT2D eigenvalue weighted by atomic mass is 19.4. The third-order valence-corrected chi connectivity index (χ3v) is 5.63. The molecule has 1 N–H and O–H groups in total. The van der Waals surface area contributed by atoms with Gasteiger partial charge in [0.05, 0.1) is 17.9 Å². The molecule has 1 aliphatic rings. The first-order valence-corrected chi connectivity index (χ1v) is 11.3. The highest BCUT2D eigenvalue weighted by Gasteiger charge is 2.32. The Morgan fingerprint density at radius 1 is 1.06 bits per heavy atom. The third kappa shape index (κ3) is 6.20. The van der Waals surface area contributed by atoms with Crippen LogP contribution in [0, 0.1) is 5.92 Å². The molecule has 1 fully saturated rings. The number of nitrogens with zero attached hydrogens (tertiary/aromatic N) is 3. The minimum atomic E-state index is -4.56. The molecule has 0 bridgehead atoms. The van der Waals surface area contributed by atoms with Crippen molar-refractivity contribution in [3.63, 3.8) is 0 Å². The summed E-state index contributed by atoms with van der Waals surface area (Å²) in [6.45, 7) is 3.51. The van der Waals surface area contributed by atoms with Gasteiger partial charge in [-0.3, -0.25) is 4.79 Å². The van der Waals surface area contributed by atoms with Crippen molar-refractivity contribution < 1.29 is 27.4 Å². The summed E-state index contributed by atoms with van der Waals surface area (Å²) in [4.78, 5) is 23.4. The number of halogens is 3. The number of rotatable bonds is 7. The summed E-state index contributed by atoms with van der Waals surface area (Å²) >= 11 is 0. The van der Waals surface area contributed by atoms with E-state index in [1.165, 1.54) is 6.07 Å². The molecular weight excluding hydrogens is 461 g/mol. The molecule has 0 unspecified atom stereocenters. The second kappa shape index (κ2) is 10.6. The number of hydrogen-bond acceptors (Lipinski definition) is 6. The van der Waals surface area contributed by atoms with Crippen LogP contribution in [0.5, 0.6) is 17.2 Å². The fourth-order valence-electron chi connectivity index (χ4n) is 3.82. The second-order valence-electron chi connectivity index (χ2n) is 8.01. The number of ether oxygens (including phenoxy) is 2. The maximum Gasteiger partial charge on any atom is 0.416 e. The van der Waals surface area contributed by atoms with Crippen LogP contribution in [-0.4, -0.2) is 35.6 Å². The zero-order chi connectivity index (χ0) is 24.8. The van der Waals surface area contributed by atoms with Gasteiger partial charge in [-0.15, -0.1) is 0 Å². The molecule has 0 aliphatic carbocycles. The Labute approximate surface area is 200 Å². The number of carbonyl (C=O) groups excluding carboxylic acids is 1. The molecule has 1 amide bonds. The number of amides is 1. The SMILES string of the molecule is CCOc1ccc(Oc2ccc(C(F)(F)F)cc2NC(=O)C2CCN(c3ncccn3)CC2)cc1. The monoisotopic (exact) mass is 486 g/mol. The van der Waals surface area contributed by atoms with Gasteiger partial charge < -0.3 is 19.7 Å². The summed E-state index contributed by atoms with van der Waals surface area (Å²) in [7, 11) is 0. The molecule has 184 valence electrons. The summed E-state index contributed by atoms with van der Waals surface area (Å²) in [6, 6.07) is 11.5. The van der Waals surface area contributed by atoms with Crippen LogP contribution in [0.3, 0.4) is 0 Å². The molecule has 0 spiro atoms. The average molecular weight is 486 g/mol. The van der Waals surface area contributed by atoms with Crippen molar-refractivity contribution in [3.8, 4) is 17.2 Å². The van der Waals surface area contributed by atoms with Crippen molar-refractivity contribution in [2.24, 2.45) is 5.92 Å². The Balaban J connectivity index is 1.48. The predicted octanol–water partition coefficient (Wildman–Crippen LogP) is 5.54. The number of nitrogens with one attached hydrogen (secondary N) is 1. The second-order valence-corrected chi connectivity index (χ2v) is 8.01. The fraction of sp³-hybridized carbons (Fsp3) is 0.320. The number of piperidine rings is 1. The molecule has 35 heavy (non-hydrogen) atoms. The van der Waals surface area contributed by atoms with Gasteiger partial charge in [0.1, 0.15) is 11.5 Å². The topological polar surface area (TPSA) is 76.6 Å². The Bertz CT molecular complexity index is 1130. The fourth-order valence-corrected chi connectivity index (χ4v) is 3.82. The number of anilines is 2. The van der Waals surface area contributed by atoms with E-state index in [9.17, 15) is 18.0 Å². The molecule has 0 saturated carbocycles.